The third kappa shape index (κ3) is 2.08. The van der Waals surface area contributed by atoms with Crippen molar-refractivity contribution in [2.24, 2.45) is 0 Å². The third-order valence-corrected chi connectivity index (χ3v) is 6.09. The molecular formula is C10H11BrS2. The molecule has 0 radical (unpaired) electrons. The van der Waals surface area contributed by atoms with Crippen LogP contribution in [0.5, 0.6) is 0 Å². The van der Waals surface area contributed by atoms with Crippen LogP contribution in [0.2, 0.25) is 0 Å². The van der Waals surface area contributed by atoms with Crippen LogP contribution in [0.3, 0.4) is 0 Å². The van der Waals surface area contributed by atoms with Gasteiger partial charge in [-0.05, 0) is 24.6 Å². The van der Waals surface area contributed by atoms with Gasteiger partial charge in [0.05, 0.1) is 4.08 Å². The van der Waals surface area contributed by atoms with E-state index in [9.17, 15) is 0 Å². The standard InChI is InChI=1S/C10H11BrS2/c1-10(12-6-7-13-10)8-2-4-9(11)5-3-8/h2-5H,6-7H2,1H3. The number of rotatable bonds is 1. The van der Waals surface area contributed by atoms with Crippen molar-refractivity contribution in [2.75, 3.05) is 11.5 Å². The van der Waals surface area contributed by atoms with Crippen LogP contribution in [0.25, 0.3) is 0 Å². The van der Waals surface area contributed by atoms with Crippen LogP contribution in [0.1, 0.15) is 12.5 Å². The van der Waals surface area contributed by atoms with Gasteiger partial charge in [0.2, 0.25) is 0 Å². The molecule has 13 heavy (non-hydrogen) atoms. The lowest BCUT2D eigenvalue weighted by molar-refractivity contribution is 1.02. The Morgan fingerprint density at radius 2 is 1.69 bits per heavy atom. The highest BCUT2D eigenvalue weighted by Crippen LogP contribution is 2.51. The van der Waals surface area contributed by atoms with E-state index in [0.717, 1.165) is 4.47 Å². The molecule has 70 valence electrons. The van der Waals surface area contributed by atoms with E-state index in [4.69, 9.17) is 0 Å². The SMILES string of the molecule is CC1(c2ccc(Br)cc2)SCCS1. The second-order valence-electron chi connectivity index (χ2n) is 3.15. The van der Waals surface area contributed by atoms with Gasteiger partial charge in [0, 0.05) is 16.0 Å². The van der Waals surface area contributed by atoms with Crippen molar-refractivity contribution in [1.29, 1.82) is 0 Å². The average molecular weight is 275 g/mol. The second kappa shape index (κ2) is 3.87. The zero-order valence-electron chi connectivity index (χ0n) is 7.42. The van der Waals surface area contributed by atoms with Crippen LogP contribution in [0.4, 0.5) is 0 Å². The lowest BCUT2D eigenvalue weighted by Crippen LogP contribution is -2.07. The molecule has 0 saturated carbocycles. The highest BCUT2D eigenvalue weighted by atomic mass is 79.9. The number of benzene rings is 1. The molecule has 0 bridgehead atoms. The van der Waals surface area contributed by atoms with E-state index >= 15 is 0 Å². The van der Waals surface area contributed by atoms with Gasteiger partial charge in [0.15, 0.2) is 0 Å². The molecule has 1 saturated heterocycles. The predicted molar refractivity (Wildman–Crippen MR) is 66.4 cm³/mol. The molecule has 1 aromatic rings. The molecule has 1 aliphatic heterocycles. The minimum atomic E-state index is 0.292. The third-order valence-electron chi connectivity index (χ3n) is 2.21. The van der Waals surface area contributed by atoms with Gasteiger partial charge in [-0.3, -0.25) is 0 Å². The van der Waals surface area contributed by atoms with E-state index in [2.05, 4.69) is 70.6 Å². The summed E-state index contributed by atoms with van der Waals surface area (Å²) in [7, 11) is 0. The highest BCUT2D eigenvalue weighted by molar-refractivity contribution is 9.10. The molecule has 0 atom stereocenters. The monoisotopic (exact) mass is 274 g/mol. The number of hydrogen-bond acceptors (Lipinski definition) is 2. The van der Waals surface area contributed by atoms with Crippen LogP contribution in [-0.2, 0) is 4.08 Å². The number of halogens is 1. The van der Waals surface area contributed by atoms with E-state index < -0.39 is 0 Å². The predicted octanol–water partition coefficient (Wildman–Crippen LogP) is 4.10. The van der Waals surface area contributed by atoms with E-state index in [0.29, 0.717) is 4.08 Å². The summed E-state index contributed by atoms with van der Waals surface area (Å²) in [6, 6.07) is 8.69. The minimum Gasteiger partial charge on any atom is -0.139 e. The van der Waals surface area contributed by atoms with Crippen LogP contribution >= 0.6 is 39.5 Å². The Morgan fingerprint density at radius 1 is 1.15 bits per heavy atom. The summed E-state index contributed by atoms with van der Waals surface area (Å²) in [5.41, 5.74) is 1.43. The molecule has 0 aromatic heterocycles. The van der Waals surface area contributed by atoms with Crippen molar-refractivity contribution < 1.29 is 0 Å². The van der Waals surface area contributed by atoms with E-state index in [1.165, 1.54) is 17.1 Å². The lowest BCUT2D eigenvalue weighted by Gasteiger charge is -2.22. The Labute approximate surface area is 96.0 Å². The molecule has 0 spiro atoms. The summed E-state index contributed by atoms with van der Waals surface area (Å²) in [5.74, 6) is 2.55. The minimum absolute atomic E-state index is 0.292. The van der Waals surface area contributed by atoms with Gasteiger partial charge in [0.1, 0.15) is 0 Å². The fraction of sp³-hybridized carbons (Fsp3) is 0.400. The van der Waals surface area contributed by atoms with Gasteiger partial charge in [-0.25, -0.2) is 0 Å². The molecule has 0 aliphatic carbocycles. The highest BCUT2D eigenvalue weighted by Gasteiger charge is 2.31. The van der Waals surface area contributed by atoms with Gasteiger partial charge >= 0.3 is 0 Å². The Morgan fingerprint density at radius 3 is 2.23 bits per heavy atom. The smallest absolute Gasteiger partial charge is 0.0832 e. The summed E-state index contributed by atoms with van der Waals surface area (Å²) in [5, 5.41) is 0. The molecule has 1 aromatic carbocycles. The maximum absolute atomic E-state index is 3.46. The van der Waals surface area contributed by atoms with Gasteiger partial charge in [-0.1, -0.05) is 28.1 Å². The van der Waals surface area contributed by atoms with Crippen LogP contribution in [0.15, 0.2) is 28.7 Å². The largest absolute Gasteiger partial charge is 0.139 e. The molecule has 3 heteroatoms. The van der Waals surface area contributed by atoms with Crippen molar-refractivity contribution in [3.8, 4) is 0 Å². The Bertz CT molecular complexity index is 288. The van der Waals surface area contributed by atoms with Crippen molar-refractivity contribution in [3.05, 3.63) is 34.3 Å². The van der Waals surface area contributed by atoms with E-state index in [-0.39, 0.29) is 0 Å². The van der Waals surface area contributed by atoms with Crippen molar-refractivity contribution in [3.63, 3.8) is 0 Å². The first-order valence-electron chi connectivity index (χ1n) is 4.25. The molecule has 0 amide bonds. The summed E-state index contributed by atoms with van der Waals surface area (Å²) in [6.07, 6.45) is 0. The van der Waals surface area contributed by atoms with Gasteiger partial charge in [0.25, 0.3) is 0 Å². The second-order valence-corrected chi connectivity index (χ2v) is 7.35. The molecule has 1 heterocycles. The molecular weight excluding hydrogens is 264 g/mol. The van der Waals surface area contributed by atoms with Gasteiger partial charge in [-0.2, -0.15) is 0 Å². The number of thioether (sulfide) groups is 2. The first kappa shape index (κ1) is 9.94. The molecule has 0 unspecified atom stereocenters. The normalized spacial score (nSPS) is 20.5. The average Bonchev–Trinajstić information content (AvgIpc) is 2.54. The maximum Gasteiger partial charge on any atom is 0.0832 e. The van der Waals surface area contributed by atoms with Crippen LogP contribution in [-0.4, -0.2) is 11.5 Å². The topological polar surface area (TPSA) is 0 Å². The zero-order chi connectivity index (χ0) is 9.31. The fourth-order valence-corrected chi connectivity index (χ4v) is 4.58. The molecule has 1 fully saturated rings. The quantitative estimate of drug-likeness (QED) is 0.756. The summed E-state index contributed by atoms with van der Waals surface area (Å²) < 4.78 is 1.45. The van der Waals surface area contributed by atoms with E-state index in [1.807, 2.05) is 0 Å². The van der Waals surface area contributed by atoms with Crippen molar-refractivity contribution >= 4 is 39.5 Å². The summed E-state index contributed by atoms with van der Waals surface area (Å²) in [4.78, 5) is 0. The molecule has 0 nitrogen and oxygen atoms in total. The van der Waals surface area contributed by atoms with Crippen molar-refractivity contribution in [2.45, 2.75) is 11.0 Å². The first-order valence-corrected chi connectivity index (χ1v) is 7.01. The molecule has 2 rings (SSSR count). The fourth-order valence-electron chi connectivity index (χ4n) is 1.43. The van der Waals surface area contributed by atoms with Crippen LogP contribution < -0.4 is 0 Å². The number of hydrogen-bond donors (Lipinski definition) is 0. The van der Waals surface area contributed by atoms with Crippen LogP contribution in [0, 0.1) is 0 Å². The van der Waals surface area contributed by atoms with Gasteiger partial charge < -0.3 is 0 Å². The first-order chi connectivity index (χ1) is 6.21. The maximum atomic E-state index is 3.46. The zero-order valence-corrected chi connectivity index (χ0v) is 10.6. The van der Waals surface area contributed by atoms with E-state index in [1.54, 1.807) is 0 Å². The lowest BCUT2D eigenvalue weighted by atomic mass is 10.2. The Hall–Kier alpha value is 0.400. The molecule has 0 N–H and O–H groups in total. The Kier molecular flexibility index (Phi) is 2.96. The van der Waals surface area contributed by atoms with Crippen molar-refractivity contribution in [1.82, 2.24) is 0 Å². The molecule has 1 aliphatic rings. The van der Waals surface area contributed by atoms with Gasteiger partial charge in [-0.15, -0.1) is 23.5 Å². The summed E-state index contributed by atoms with van der Waals surface area (Å²) >= 11 is 7.56. The summed E-state index contributed by atoms with van der Waals surface area (Å²) in [6.45, 7) is 2.32. The Balaban J connectivity index is 2.29.